The van der Waals surface area contributed by atoms with Gasteiger partial charge in [-0.25, -0.2) is 5.48 Å². The fourth-order valence-corrected chi connectivity index (χ4v) is 4.66. The van der Waals surface area contributed by atoms with Crippen molar-refractivity contribution >= 4 is 34.5 Å². The predicted octanol–water partition coefficient (Wildman–Crippen LogP) is 3.86. The molecule has 31 heavy (non-hydrogen) atoms. The fourth-order valence-electron chi connectivity index (χ4n) is 4.49. The number of aliphatic hydroxyl groups excluding tert-OH is 1. The van der Waals surface area contributed by atoms with Gasteiger partial charge < -0.3 is 10.1 Å². The van der Waals surface area contributed by atoms with Crippen LogP contribution in [0.2, 0.25) is 5.02 Å². The van der Waals surface area contributed by atoms with Crippen molar-refractivity contribution in [2.45, 2.75) is 25.3 Å². The third-order valence-corrected chi connectivity index (χ3v) is 6.21. The lowest BCUT2D eigenvalue weighted by Gasteiger charge is -2.29. The molecule has 1 heterocycles. The van der Waals surface area contributed by atoms with Crippen LogP contribution in [0.3, 0.4) is 0 Å². The van der Waals surface area contributed by atoms with E-state index in [1.807, 2.05) is 24.4 Å². The smallest absolute Gasteiger partial charge is 0.267 e. The third-order valence-electron chi connectivity index (χ3n) is 5.98. The number of fused-ring (bicyclic) bond motifs is 2. The monoisotopic (exact) mass is 439 g/mol. The van der Waals surface area contributed by atoms with Crippen LogP contribution in [0.25, 0.3) is 17.0 Å². The molecule has 1 atom stereocenters. The van der Waals surface area contributed by atoms with E-state index in [-0.39, 0.29) is 12.6 Å². The second-order valence-electron chi connectivity index (χ2n) is 7.84. The van der Waals surface area contributed by atoms with Crippen LogP contribution in [0.5, 0.6) is 0 Å². The number of aliphatic hydroxyl groups is 1. The van der Waals surface area contributed by atoms with Crippen molar-refractivity contribution in [3.8, 4) is 0 Å². The Morgan fingerprint density at radius 3 is 2.94 bits per heavy atom. The molecule has 6 nitrogen and oxygen atoms in total. The SMILES string of the molecule is O=C(C=Cc1ccc2c(c1)CCC2N(CCO)CCc1c[nH]c2cc(Cl)ccc12)NO. The molecule has 162 valence electrons. The van der Waals surface area contributed by atoms with Crippen molar-refractivity contribution in [1.29, 1.82) is 0 Å². The Balaban J connectivity index is 1.49. The first kappa shape index (κ1) is 21.6. The van der Waals surface area contributed by atoms with Crippen LogP contribution in [0.1, 0.15) is 34.7 Å². The first-order valence-electron chi connectivity index (χ1n) is 10.4. The number of carbonyl (C=O) groups is 1. The molecule has 3 aromatic rings. The van der Waals surface area contributed by atoms with E-state index in [1.165, 1.54) is 28.2 Å². The minimum Gasteiger partial charge on any atom is -0.395 e. The van der Waals surface area contributed by atoms with E-state index < -0.39 is 5.91 Å². The first-order chi connectivity index (χ1) is 15.1. The maximum absolute atomic E-state index is 11.2. The zero-order valence-electron chi connectivity index (χ0n) is 17.1. The molecule has 0 radical (unpaired) electrons. The number of hydrogen-bond donors (Lipinski definition) is 4. The number of hydrogen-bond acceptors (Lipinski definition) is 4. The van der Waals surface area contributed by atoms with Gasteiger partial charge in [0, 0.05) is 47.3 Å². The van der Waals surface area contributed by atoms with Crippen molar-refractivity contribution < 1.29 is 15.1 Å². The number of hydroxylamine groups is 1. The number of halogens is 1. The van der Waals surface area contributed by atoms with Gasteiger partial charge in [-0.1, -0.05) is 35.9 Å². The fraction of sp³-hybridized carbons (Fsp3) is 0.292. The van der Waals surface area contributed by atoms with Crippen molar-refractivity contribution in [2.24, 2.45) is 0 Å². The highest BCUT2D eigenvalue weighted by Gasteiger charge is 2.27. The van der Waals surface area contributed by atoms with Crippen LogP contribution in [-0.4, -0.2) is 45.8 Å². The summed E-state index contributed by atoms with van der Waals surface area (Å²) >= 11 is 6.09. The van der Waals surface area contributed by atoms with Crippen LogP contribution < -0.4 is 5.48 Å². The lowest BCUT2D eigenvalue weighted by atomic mass is 10.0. The van der Waals surface area contributed by atoms with Gasteiger partial charge in [0.1, 0.15) is 0 Å². The van der Waals surface area contributed by atoms with Crippen LogP contribution >= 0.6 is 11.6 Å². The van der Waals surface area contributed by atoms with Gasteiger partial charge in [-0.15, -0.1) is 0 Å². The Morgan fingerprint density at radius 1 is 1.26 bits per heavy atom. The lowest BCUT2D eigenvalue weighted by Crippen LogP contribution is -2.32. The largest absolute Gasteiger partial charge is 0.395 e. The molecule has 0 bridgehead atoms. The molecular formula is C24H26ClN3O3. The number of aromatic amines is 1. The van der Waals surface area contributed by atoms with E-state index in [9.17, 15) is 9.90 Å². The van der Waals surface area contributed by atoms with Gasteiger partial charge in [-0.05, 0) is 59.7 Å². The van der Waals surface area contributed by atoms with Crippen molar-refractivity contribution in [3.63, 3.8) is 0 Å². The van der Waals surface area contributed by atoms with E-state index in [0.717, 1.165) is 41.9 Å². The molecule has 4 rings (SSSR count). The molecule has 0 spiro atoms. The second kappa shape index (κ2) is 9.66. The number of rotatable bonds is 8. The van der Waals surface area contributed by atoms with E-state index in [1.54, 1.807) is 11.6 Å². The maximum atomic E-state index is 11.2. The topological polar surface area (TPSA) is 88.6 Å². The predicted molar refractivity (Wildman–Crippen MR) is 122 cm³/mol. The number of H-pyrrole nitrogens is 1. The van der Waals surface area contributed by atoms with Gasteiger partial charge in [0.25, 0.3) is 5.91 Å². The number of nitrogens with one attached hydrogen (secondary N) is 2. The number of aryl methyl sites for hydroxylation is 1. The molecule has 1 amide bonds. The summed E-state index contributed by atoms with van der Waals surface area (Å²) in [5, 5.41) is 20.2. The average Bonchev–Trinajstić information content (AvgIpc) is 3.38. The standard InChI is InChI=1S/C24H26ClN3O3/c25-19-4-6-20-18(15-26-22(20)14-19)9-10-28(11-12-29)23-7-3-17-13-16(1-5-21(17)23)2-8-24(30)27-31/h1-2,4-6,8,13-15,23,26,29,31H,3,7,9-12H2,(H,27,30). The highest BCUT2D eigenvalue weighted by atomic mass is 35.5. The zero-order chi connectivity index (χ0) is 21.8. The highest BCUT2D eigenvalue weighted by Crippen LogP contribution is 2.36. The summed E-state index contributed by atoms with van der Waals surface area (Å²) in [6.45, 7) is 1.58. The summed E-state index contributed by atoms with van der Waals surface area (Å²) in [7, 11) is 0. The van der Waals surface area contributed by atoms with Gasteiger partial charge in [-0.3, -0.25) is 14.9 Å². The summed E-state index contributed by atoms with van der Waals surface area (Å²) in [6.07, 6.45) is 7.88. The zero-order valence-corrected chi connectivity index (χ0v) is 17.9. The molecule has 0 saturated carbocycles. The summed E-state index contributed by atoms with van der Waals surface area (Å²) in [5.41, 5.74) is 7.35. The number of amides is 1. The molecule has 1 aromatic heterocycles. The highest BCUT2D eigenvalue weighted by molar-refractivity contribution is 6.31. The molecule has 0 saturated heterocycles. The quantitative estimate of drug-likeness (QED) is 0.244. The number of aromatic nitrogens is 1. The molecule has 2 aromatic carbocycles. The van der Waals surface area contributed by atoms with Gasteiger partial charge in [-0.2, -0.15) is 0 Å². The van der Waals surface area contributed by atoms with Crippen LogP contribution in [0.15, 0.2) is 48.7 Å². The molecule has 0 aliphatic heterocycles. The van der Waals surface area contributed by atoms with E-state index in [2.05, 4.69) is 28.1 Å². The second-order valence-corrected chi connectivity index (χ2v) is 8.27. The van der Waals surface area contributed by atoms with E-state index in [0.29, 0.717) is 6.54 Å². The average molecular weight is 440 g/mol. The van der Waals surface area contributed by atoms with E-state index >= 15 is 0 Å². The maximum Gasteiger partial charge on any atom is 0.267 e. The Kier molecular flexibility index (Phi) is 6.73. The Morgan fingerprint density at radius 2 is 2.13 bits per heavy atom. The van der Waals surface area contributed by atoms with E-state index in [4.69, 9.17) is 16.8 Å². The number of carbonyl (C=O) groups excluding carboxylic acids is 1. The van der Waals surface area contributed by atoms with Crippen LogP contribution in [-0.2, 0) is 17.6 Å². The van der Waals surface area contributed by atoms with Gasteiger partial charge >= 0.3 is 0 Å². The van der Waals surface area contributed by atoms with Crippen LogP contribution in [0.4, 0.5) is 0 Å². The molecule has 0 fully saturated rings. The molecule has 4 N–H and O–H groups in total. The first-order valence-corrected chi connectivity index (χ1v) is 10.8. The summed E-state index contributed by atoms with van der Waals surface area (Å²) in [4.78, 5) is 16.9. The lowest BCUT2D eigenvalue weighted by molar-refractivity contribution is -0.124. The summed E-state index contributed by atoms with van der Waals surface area (Å²) in [5.74, 6) is -0.549. The van der Waals surface area contributed by atoms with Crippen molar-refractivity contribution in [1.82, 2.24) is 15.4 Å². The Hall–Kier alpha value is -2.64. The molecule has 1 aliphatic rings. The molecule has 7 heteroatoms. The minimum atomic E-state index is -0.549. The normalized spacial score (nSPS) is 15.8. The summed E-state index contributed by atoms with van der Waals surface area (Å²) in [6, 6.07) is 12.4. The number of benzene rings is 2. The molecule has 1 aliphatic carbocycles. The molecule has 1 unspecified atom stereocenters. The van der Waals surface area contributed by atoms with Gasteiger partial charge in [0.2, 0.25) is 0 Å². The molecular weight excluding hydrogens is 414 g/mol. The third kappa shape index (κ3) is 4.83. The van der Waals surface area contributed by atoms with Gasteiger partial charge in [0.05, 0.1) is 6.61 Å². The minimum absolute atomic E-state index is 0.117. The Bertz CT molecular complexity index is 1110. The Labute approximate surface area is 186 Å². The van der Waals surface area contributed by atoms with Crippen molar-refractivity contribution in [2.75, 3.05) is 19.7 Å². The van der Waals surface area contributed by atoms with Crippen LogP contribution in [0, 0.1) is 0 Å². The summed E-state index contributed by atoms with van der Waals surface area (Å²) < 4.78 is 0. The van der Waals surface area contributed by atoms with Gasteiger partial charge in [0.15, 0.2) is 0 Å². The number of nitrogens with zero attached hydrogens (tertiary/aromatic N) is 1. The van der Waals surface area contributed by atoms with Crippen molar-refractivity contribution in [3.05, 3.63) is 75.9 Å².